The first-order valence-electron chi connectivity index (χ1n) is 5.15. The average molecular weight is 245 g/mol. The molecule has 92 valence electrons. The number of rotatable bonds is 2. The lowest BCUT2D eigenvalue weighted by atomic mass is 10.2. The van der Waals surface area contributed by atoms with Gasteiger partial charge in [0.25, 0.3) is 11.8 Å². The van der Waals surface area contributed by atoms with Gasteiger partial charge in [0.2, 0.25) is 5.88 Å². The Hall–Kier alpha value is -2.76. The fraction of sp³-hybridized carbons (Fsp3) is 0. The van der Waals surface area contributed by atoms with E-state index in [1.807, 2.05) is 0 Å². The largest absolute Gasteiger partial charge is 0.494 e. The Labute approximate surface area is 103 Å². The summed E-state index contributed by atoms with van der Waals surface area (Å²) in [6.45, 7) is 3.42. The van der Waals surface area contributed by atoms with E-state index in [9.17, 15) is 14.7 Å². The van der Waals surface area contributed by atoms with Crippen LogP contribution in [0.25, 0.3) is 0 Å². The van der Waals surface area contributed by atoms with Gasteiger partial charge in [0.05, 0.1) is 0 Å². The number of anilines is 1. The Kier molecular flexibility index (Phi) is 3.01. The summed E-state index contributed by atoms with van der Waals surface area (Å²) in [5.41, 5.74) is 0.145. The average Bonchev–Trinajstić information content (AvgIpc) is 2.28. The zero-order valence-electron chi connectivity index (χ0n) is 9.36. The van der Waals surface area contributed by atoms with Crippen molar-refractivity contribution in [2.75, 3.05) is 5.32 Å². The quantitative estimate of drug-likeness (QED) is 0.574. The smallest absolute Gasteiger partial charge is 0.267 e. The van der Waals surface area contributed by atoms with E-state index in [4.69, 9.17) is 0 Å². The number of hydrogen-bond acceptors (Lipinski definition) is 4. The first kappa shape index (κ1) is 11.7. The first-order valence-corrected chi connectivity index (χ1v) is 5.15. The summed E-state index contributed by atoms with van der Waals surface area (Å²) in [6, 6.07) is 8.62. The predicted octanol–water partition coefficient (Wildman–Crippen LogP) is 0.585. The lowest BCUT2D eigenvalue weighted by molar-refractivity contribution is -0.121. The van der Waals surface area contributed by atoms with Gasteiger partial charge < -0.3 is 21.1 Å². The molecule has 0 aliphatic carbocycles. The summed E-state index contributed by atoms with van der Waals surface area (Å²) in [7, 11) is 0. The van der Waals surface area contributed by atoms with Gasteiger partial charge in [-0.1, -0.05) is 24.8 Å². The van der Waals surface area contributed by atoms with Gasteiger partial charge in [-0.3, -0.25) is 9.59 Å². The molecule has 6 nitrogen and oxygen atoms in total. The second-order valence-corrected chi connectivity index (χ2v) is 3.60. The molecule has 0 bridgehead atoms. The maximum Gasteiger partial charge on any atom is 0.267 e. The minimum atomic E-state index is -0.704. The van der Waals surface area contributed by atoms with Crippen LogP contribution in [0, 0.1) is 0 Å². The van der Waals surface area contributed by atoms with Crippen molar-refractivity contribution in [1.82, 2.24) is 10.6 Å². The lowest BCUT2D eigenvalue weighted by Crippen LogP contribution is -2.42. The van der Waals surface area contributed by atoms with E-state index in [0.29, 0.717) is 5.69 Å². The molecule has 0 spiro atoms. The number of carbonyl (C=O) groups is 2. The predicted molar refractivity (Wildman–Crippen MR) is 65.1 cm³/mol. The third-order valence-electron chi connectivity index (χ3n) is 2.26. The molecule has 2 amide bonds. The zero-order chi connectivity index (χ0) is 13.1. The van der Waals surface area contributed by atoms with E-state index in [0.717, 1.165) is 0 Å². The van der Waals surface area contributed by atoms with Crippen LogP contribution in [0.2, 0.25) is 0 Å². The highest BCUT2D eigenvalue weighted by Crippen LogP contribution is 2.11. The number of nitrogens with one attached hydrogen (secondary N) is 3. The Balaban J connectivity index is 2.21. The van der Waals surface area contributed by atoms with E-state index in [1.54, 1.807) is 30.3 Å². The summed E-state index contributed by atoms with van der Waals surface area (Å²) in [6.07, 6.45) is 0. The van der Waals surface area contributed by atoms with Gasteiger partial charge in [0, 0.05) is 5.69 Å². The van der Waals surface area contributed by atoms with Crippen LogP contribution in [-0.2, 0) is 9.59 Å². The molecule has 0 radical (unpaired) electrons. The molecular formula is C12H11N3O3. The molecule has 0 saturated heterocycles. The van der Waals surface area contributed by atoms with Gasteiger partial charge in [-0.25, -0.2) is 0 Å². The third-order valence-corrected chi connectivity index (χ3v) is 2.26. The van der Waals surface area contributed by atoms with E-state index in [1.165, 1.54) is 0 Å². The Morgan fingerprint density at radius 1 is 1.22 bits per heavy atom. The van der Waals surface area contributed by atoms with Gasteiger partial charge in [-0.05, 0) is 12.1 Å². The molecule has 1 aromatic rings. The van der Waals surface area contributed by atoms with Crippen molar-refractivity contribution in [2.45, 2.75) is 0 Å². The lowest BCUT2D eigenvalue weighted by Gasteiger charge is -2.19. The van der Waals surface area contributed by atoms with Gasteiger partial charge in [-0.15, -0.1) is 0 Å². The van der Waals surface area contributed by atoms with Crippen LogP contribution in [-0.4, -0.2) is 16.9 Å². The molecule has 4 N–H and O–H groups in total. The van der Waals surface area contributed by atoms with E-state index < -0.39 is 17.7 Å². The number of hydrogen-bond donors (Lipinski definition) is 4. The first-order chi connectivity index (χ1) is 8.58. The monoisotopic (exact) mass is 245 g/mol. The maximum atomic E-state index is 11.8. The van der Waals surface area contributed by atoms with Crippen molar-refractivity contribution in [3.63, 3.8) is 0 Å². The highest BCUT2D eigenvalue weighted by Gasteiger charge is 2.28. The zero-order valence-corrected chi connectivity index (χ0v) is 9.36. The van der Waals surface area contributed by atoms with E-state index >= 15 is 0 Å². The van der Waals surface area contributed by atoms with Gasteiger partial charge in [0.15, 0.2) is 5.57 Å². The second kappa shape index (κ2) is 4.62. The van der Waals surface area contributed by atoms with Crippen molar-refractivity contribution in [3.05, 3.63) is 54.2 Å². The molecule has 1 aromatic carbocycles. The third kappa shape index (κ3) is 2.32. The molecule has 0 aromatic heterocycles. The Bertz CT molecular complexity index is 549. The normalized spacial score (nSPS) is 14.9. The maximum absolute atomic E-state index is 11.8. The van der Waals surface area contributed by atoms with Crippen molar-refractivity contribution in [2.24, 2.45) is 0 Å². The topological polar surface area (TPSA) is 90.5 Å². The highest BCUT2D eigenvalue weighted by molar-refractivity contribution is 6.23. The molecular weight excluding hydrogens is 234 g/mol. The molecule has 0 atom stereocenters. The number of benzene rings is 1. The van der Waals surface area contributed by atoms with Crippen molar-refractivity contribution < 1.29 is 14.7 Å². The Morgan fingerprint density at radius 2 is 1.89 bits per heavy atom. The van der Waals surface area contributed by atoms with Crippen molar-refractivity contribution in [3.8, 4) is 0 Å². The van der Waals surface area contributed by atoms with Gasteiger partial charge in [-0.2, -0.15) is 0 Å². The summed E-state index contributed by atoms with van der Waals surface area (Å²) >= 11 is 0. The highest BCUT2D eigenvalue weighted by atomic mass is 16.3. The number of para-hydroxylation sites is 1. The molecule has 1 aliphatic heterocycles. The van der Waals surface area contributed by atoms with Crippen molar-refractivity contribution in [1.29, 1.82) is 0 Å². The molecule has 0 saturated carbocycles. The van der Waals surface area contributed by atoms with Crippen LogP contribution in [0.15, 0.2) is 54.2 Å². The summed E-state index contributed by atoms with van der Waals surface area (Å²) in [5, 5.41) is 16.7. The number of carbonyl (C=O) groups excluding carboxylic acids is 2. The fourth-order valence-corrected chi connectivity index (χ4v) is 1.47. The molecule has 1 aliphatic rings. The molecule has 0 unspecified atom stereocenters. The van der Waals surface area contributed by atoms with Crippen LogP contribution in [0.4, 0.5) is 5.69 Å². The minimum absolute atomic E-state index is 0.119. The minimum Gasteiger partial charge on any atom is -0.494 e. The van der Waals surface area contributed by atoms with Crippen molar-refractivity contribution >= 4 is 17.5 Å². The summed E-state index contributed by atoms with van der Waals surface area (Å²) in [4.78, 5) is 23.4. The number of amides is 2. The molecule has 1 heterocycles. The van der Waals surface area contributed by atoms with E-state index in [-0.39, 0.29) is 11.4 Å². The number of aliphatic hydroxyl groups excluding tert-OH is 1. The van der Waals surface area contributed by atoms with E-state index in [2.05, 4.69) is 22.5 Å². The fourth-order valence-electron chi connectivity index (χ4n) is 1.47. The standard InChI is InChI=1S/C12H11N3O3/c1-7-13-10(16)9(11(17)14-7)12(18)15-8-5-3-2-4-6-8/h2-6,13,16H,1H2,(H,14,17)(H,15,18). The van der Waals surface area contributed by atoms with Crippen LogP contribution in [0.3, 0.4) is 0 Å². The molecule has 6 heteroatoms. The molecule has 18 heavy (non-hydrogen) atoms. The van der Waals surface area contributed by atoms with Crippen LogP contribution < -0.4 is 16.0 Å². The second-order valence-electron chi connectivity index (χ2n) is 3.60. The number of aliphatic hydroxyl groups is 1. The SMILES string of the molecule is C=C1NC(=O)C(C(=O)Nc2ccccc2)=C(O)N1. The van der Waals surface area contributed by atoms with Gasteiger partial charge in [0.1, 0.15) is 5.82 Å². The summed E-state index contributed by atoms with van der Waals surface area (Å²) < 4.78 is 0. The van der Waals surface area contributed by atoms with Crippen LogP contribution in [0.5, 0.6) is 0 Å². The molecule has 2 rings (SSSR count). The van der Waals surface area contributed by atoms with Crippen LogP contribution in [0.1, 0.15) is 0 Å². The Morgan fingerprint density at radius 3 is 2.50 bits per heavy atom. The van der Waals surface area contributed by atoms with Crippen LogP contribution >= 0.6 is 0 Å². The molecule has 0 fully saturated rings. The summed E-state index contributed by atoms with van der Waals surface area (Å²) in [5.74, 6) is -1.80. The van der Waals surface area contributed by atoms with Gasteiger partial charge >= 0.3 is 0 Å².